The van der Waals surface area contributed by atoms with Crippen molar-refractivity contribution in [2.75, 3.05) is 6.61 Å². The highest BCUT2D eigenvalue weighted by molar-refractivity contribution is 6.30. The van der Waals surface area contributed by atoms with Crippen LogP contribution >= 0.6 is 11.6 Å². The molecular weight excluding hydrogens is 297 g/mol. The largest absolute Gasteiger partial charge is 0.462 e. The molecular formula is C13H12ClF3O3. The second-order valence-corrected chi connectivity index (χ2v) is 4.43. The van der Waals surface area contributed by atoms with Crippen LogP contribution in [-0.2, 0) is 15.7 Å². The monoisotopic (exact) mass is 308 g/mol. The summed E-state index contributed by atoms with van der Waals surface area (Å²) in [6, 6.07) is 2.82. The first-order valence-corrected chi connectivity index (χ1v) is 6.15. The standard InChI is InChI=1S/C13H12ClF3O3/c1-3-20-12(19)8-4-5-9(11(14)7(2)18)10(6-8)13(15,16)17/h4-6,11H,3H2,1-2H3. The van der Waals surface area contributed by atoms with Crippen molar-refractivity contribution in [3.63, 3.8) is 0 Å². The molecule has 20 heavy (non-hydrogen) atoms. The molecule has 0 bridgehead atoms. The van der Waals surface area contributed by atoms with Crippen LogP contribution in [0.1, 0.15) is 40.7 Å². The summed E-state index contributed by atoms with van der Waals surface area (Å²) in [6.45, 7) is 2.69. The van der Waals surface area contributed by atoms with Gasteiger partial charge in [0.25, 0.3) is 0 Å². The molecule has 110 valence electrons. The lowest BCUT2D eigenvalue weighted by molar-refractivity contribution is -0.138. The molecule has 3 nitrogen and oxygen atoms in total. The molecule has 1 rings (SSSR count). The van der Waals surface area contributed by atoms with Crippen molar-refractivity contribution in [3.05, 3.63) is 34.9 Å². The summed E-state index contributed by atoms with van der Waals surface area (Å²) in [7, 11) is 0. The number of alkyl halides is 4. The predicted octanol–water partition coefficient (Wildman–Crippen LogP) is 3.75. The van der Waals surface area contributed by atoms with Crippen molar-refractivity contribution >= 4 is 23.4 Å². The number of carbonyl (C=O) groups is 2. The number of ketones is 1. The molecule has 0 radical (unpaired) electrons. The molecule has 1 aromatic rings. The zero-order chi connectivity index (χ0) is 15.5. The molecule has 1 aromatic carbocycles. The Kier molecular flexibility index (Phi) is 5.16. The minimum absolute atomic E-state index is 0.0491. The molecule has 0 aliphatic heterocycles. The number of hydrogen-bond acceptors (Lipinski definition) is 3. The molecule has 0 saturated heterocycles. The Morgan fingerprint density at radius 3 is 2.40 bits per heavy atom. The van der Waals surface area contributed by atoms with Crippen molar-refractivity contribution in [1.29, 1.82) is 0 Å². The molecule has 1 unspecified atom stereocenters. The van der Waals surface area contributed by atoms with Gasteiger partial charge in [-0.05, 0) is 31.5 Å². The van der Waals surface area contributed by atoms with Crippen molar-refractivity contribution < 1.29 is 27.5 Å². The Hall–Kier alpha value is -1.56. The fourth-order valence-electron chi connectivity index (χ4n) is 1.58. The van der Waals surface area contributed by atoms with E-state index in [1.807, 2.05) is 0 Å². The highest BCUT2D eigenvalue weighted by Crippen LogP contribution is 2.37. The number of benzene rings is 1. The van der Waals surface area contributed by atoms with E-state index >= 15 is 0 Å². The van der Waals surface area contributed by atoms with Gasteiger partial charge in [0.2, 0.25) is 0 Å². The van der Waals surface area contributed by atoms with Crippen LogP contribution in [0, 0.1) is 0 Å². The summed E-state index contributed by atoms with van der Waals surface area (Å²) in [5.41, 5.74) is -1.73. The fourth-order valence-corrected chi connectivity index (χ4v) is 1.77. The van der Waals surface area contributed by atoms with Gasteiger partial charge in [0.15, 0.2) is 5.78 Å². The Bertz CT molecular complexity index is 526. The van der Waals surface area contributed by atoms with Gasteiger partial charge in [-0.3, -0.25) is 4.79 Å². The molecule has 1 atom stereocenters. The van der Waals surface area contributed by atoms with Crippen molar-refractivity contribution in [2.24, 2.45) is 0 Å². The Morgan fingerprint density at radius 1 is 1.35 bits per heavy atom. The number of rotatable bonds is 4. The molecule has 0 amide bonds. The van der Waals surface area contributed by atoms with Crippen LogP contribution in [0.2, 0.25) is 0 Å². The average Bonchev–Trinajstić information content (AvgIpc) is 2.36. The van der Waals surface area contributed by atoms with Gasteiger partial charge in [-0.15, -0.1) is 11.6 Å². The van der Waals surface area contributed by atoms with E-state index in [0.29, 0.717) is 6.07 Å². The van der Waals surface area contributed by atoms with Crippen LogP contribution in [0.4, 0.5) is 13.2 Å². The molecule has 0 aromatic heterocycles. The minimum Gasteiger partial charge on any atom is -0.462 e. The lowest BCUT2D eigenvalue weighted by Crippen LogP contribution is -2.15. The van der Waals surface area contributed by atoms with E-state index in [2.05, 4.69) is 4.74 Å². The van der Waals surface area contributed by atoms with Gasteiger partial charge in [-0.1, -0.05) is 6.07 Å². The molecule has 0 fully saturated rings. The number of ether oxygens (including phenoxy) is 1. The second kappa shape index (κ2) is 6.26. The van der Waals surface area contributed by atoms with Crippen LogP contribution < -0.4 is 0 Å². The zero-order valence-electron chi connectivity index (χ0n) is 10.8. The summed E-state index contributed by atoms with van der Waals surface area (Å²) >= 11 is 5.68. The maximum Gasteiger partial charge on any atom is 0.416 e. The van der Waals surface area contributed by atoms with Gasteiger partial charge in [-0.25, -0.2) is 4.79 Å². The highest BCUT2D eigenvalue weighted by Gasteiger charge is 2.36. The highest BCUT2D eigenvalue weighted by atomic mass is 35.5. The molecule has 7 heteroatoms. The van der Waals surface area contributed by atoms with Gasteiger partial charge >= 0.3 is 12.1 Å². The average molecular weight is 309 g/mol. The first kappa shape index (κ1) is 16.5. The van der Waals surface area contributed by atoms with E-state index in [9.17, 15) is 22.8 Å². The molecule has 0 heterocycles. The SMILES string of the molecule is CCOC(=O)c1ccc(C(Cl)C(C)=O)c(C(F)(F)F)c1. The number of hydrogen-bond donors (Lipinski definition) is 0. The zero-order valence-corrected chi connectivity index (χ0v) is 11.5. The first-order valence-electron chi connectivity index (χ1n) is 5.71. The molecule has 0 aliphatic carbocycles. The van der Waals surface area contributed by atoms with Crippen LogP contribution in [0.15, 0.2) is 18.2 Å². The van der Waals surface area contributed by atoms with Gasteiger partial charge in [0.1, 0.15) is 5.38 Å². The third-order valence-electron chi connectivity index (χ3n) is 2.50. The minimum atomic E-state index is -4.72. The number of carbonyl (C=O) groups excluding carboxylic acids is 2. The van der Waals surface area contributed by atoms with Crippen LogP contribution in [0.5, 0.6) is 0 Å². The number of esters is 1. The Balaban J connectivity index is 3.35. The molecule has 0 spiro atoms. The number of Topliss-reactive ketones (excluding diaryl/α,β-unsaturated/α-hetero) is 1. The summed E-state index contributed by atoms with van der Waals surface area (Å²) < 4.78 is 43.6. The molecule has 0 saturated carbocycles. The lowest BCUT2D eigenvalue weighted by Gasteiger charge is -2.16. The maximum absolute atomic E-state index is 13.0. The van der Waals surface area contributed by atoms with E-state index in [1.165, 1.54) is 0 Å². The van der Waals surface area contributed by atoms with Crippen LogP contribution in [0.25, 0.3) is 0 Å². The van der Waals surface area contributed by atoms with E-state index in [-0.39, 0.29) is 17.7 Å². The Labute approximate surface area is 118 Å². The van der Waals surface area contributed by atoms with E-state index in [1.54, 1.807) is 6.92 Å². The molecule has 0 N–H and O–H groups in total. The lowest BCUT2D eigenvalue weighted by atomic mass is 9.99. The summed E-state index contributed by atoms with van der Waals surface area (Å²) in [5.74, 6) is -1.47. The van der Waals surface area contributed by atoms with E-state index in [4.69, 9.17) is 11.6 Å². The normalized spacial score (nSPS) is 12.9. The summed E-state index contributed by atoms with van der Waals surface area (Å²) in [4.78, 5) is 22.6. The summed E-state index contributed by atoms with van der Waals surface area (Å²) in [5, 5.41) is -1.41. The third-order valence-corrected chi connectivity index (χ3v) is 3.04. The van der Waals surface area contributed by atoms with Gasteiger partial charge in [-0.2, -0.15) is 13.2 Å². The van der Waals surface area contributed by atoms with Crippen LogP contribution in [-0.4, -0.2) is 18.4 Å². The fraction of sp³-hybridized carbons (Fsp3) is 0.385. The predicted molar refractivity (Wildman–Crippen MR) is 66.7 cm³/mol. The third kappa shape index (κ3) is 3.72. The van der Waals surface area contributed by atoms with Gasteiger partial charge in [0, 0.05) is 0 Å². The van der Waals surface area contributed by atoms with E-state index in [0.717, 1.165) is 19.1 Å². The smallest absolute Gasteiger partial charge is 0.416 e. The molecule has 0 aliphatic rings. The quantitative estimate of drug-likeness (QED) is 0.628. The van der Waals surface area contributed by atoms with Gasteiger partial charge in [0.05, 0.1) is 17.7 Å². The van der Waals surface area contributed by atoms with Crippen molar-refractivity contribution in [1.82, 2.24) is 0 Å². The number of halogens is 4. The van der Waals surface area contributed by atoms with E-state index < -0.39 is 28.9 Å². The summed E-state index contributed by atoms with van der Waals surface area (Å²) in [6.07, 6.45) is -4.72. The Morgan fingerprint density at radius 2 is 1.95 bits per heavy atom. The maximum atomic E-state index is 13.0. The van der Waals surface area contributed by atoms with Crippen molar-refractivity contribution in [3.8, 4) is 0 Å². The van der Waals surface area contributed by atoms with Gasteiger partial charge < -0.3 is 4.74 Å². The topological polar surface area (TPSA) is 43.4 Å². The van der Waals surface area contributed by atoms with Crippen LogP contribution in [0.3, 0.4) is 0 Å². The van der Waals surface area contributed by atoms with Crippen molar-refractivity contribution in [2.45, 2.75) is 25.4 Å². The first-order chi connectivity index (χ1) is 9.18. The second-order valence-electron chi connectivity index (χ2n) is 3.99.